The highest BCUT2D eigenvalue weighted by molar-refractivity contribution is 5.83. The van der Waals surface area contributed by atoms with E-state index in [0.29, 0.717) is 13.1 Å². The first kappa shape index (κ1) is 24.8. The number of benzene rings is 1. The van der Waals surface area contributed by atoms with E-state index in [1.54, 1.807) is 6.20 Å². The molecule has 0 radical (unpaired) electrons. The molecule has 4 rings (SSSR count). The van der Waals surface area contributed by atoms with Gasteiger partial charge in [-0.05, 0) is 87.3 Å². The molecule has 1 aliphatic heterocycles. The molecule has 0 saturated carbocycles. The Balaban J connectivity index is 1.42. The molecule has 0 atom stereocenters. The minimum atomic E-state index is -0.618. The Kier molecular flexibility index (Phi) is 8.06. The van der Waals surface area contributed by atoms with Gasteiger partial charge in [-0.2, -0.15) is 5.26 Å². The van der Waals surface area contributed by atoms with Gasteiger partial charge in [0.05, 0.1) is 47.8 Å². The number of rotatable bonds is 8. The van der Waals surface area contributed by atoms with E-state index >= 15 is 0 Å². The molecule has 35 heavy (non-hydrogen) atoms. The van der Waals surface area contributed by atoms with Gasteiger partial charge in [0, 0.05) is 24.1 Å². The number of pyridine rings is 1. The minimum absolute atomic E-state index is 0.294. The predicted molar refractivity (Wildman–Crippen MR) is 138 cm³/mol. The maximum absolute atomic E-state index is 13.3. The molecule has 0 bridgehead atoms. The monoisotopic (exact) mass is 472 g/mol. The van der Waals surface area contributed by atoms with Crippen molar-refractivity contribution in [2.75, 3.05) is 31.7 Å². The van der Waals surface area contributed by atoms with Crippen LogP contribution in [0.4, 0.5) is 10.1 Å². The Hall–Kier alpha value is -3.35. The van der Waals surface area contributed by atoms with Gasteiger partial charge >= 0.3 is 0 Å². The number of nitrogens with one attached hydrogen (secondary N) is 1. The lowest BCUT2D eigenvalue weighted by atomic mass is 9.91. The molecule has 3 heterocycles. The van der Waals surface area contributed by atoms with Gasteiger partial charge < -0.3 is 14.6 Å². The number of hydrogen-bond acceptors (Lipinski definition) is 4. The molecule has 0 aliphatic carbocycles. The smallest absolute Gasteiger partial charge is 0.107 e. The topological polar surface area (TPSA) is 62.9 Å². The standard InChI is InChI=1S/C29H33FN4O/c1-29(2,21-31)28-10-8-25(20-33-28)32-14-3-4-26-19-24-18-23(6-5-22-11-16-35-17-12-22)7-9-27(24)34(26)15-13-30/h7-10,18-20,22,32H,5-6,11-17H2,1-2H3. The molecule has 0 spiro atoms. The number of nitrogens with zero attached hydrogens (tertiary/aromatic N) is 3. The number of anilines is 1. The van der Waals surface area contributed by atoms with Crippen molar-refractivity contribution in [1.82, 2.24) is 9.55 Å². The van der Waals surface area contributed by atoms with Crippen molar-refractivity contribution in [3.8, 4) is 17.9 Å². The molecule has 5 nitrogen and oxygen atoms in total. The highest BCUT2D eigenvalue weighted by Gasteiger charge is 2.21. The zero-order valence-corrected chi connectivity index (χ0v) is 20.6. The number of aromatic nitrogens is 2. The third-order valence-corrected chi connectivity index (χ3v) is 6.74. The third kappa shape index (κ3) is 6.21. The lowest BCUT2D eigenvalue weighted by Gasteiger charge is -2.21. The zero-order chi connectivity index (χ0) is 24.7. The van der Waals surface area contributed by atoms with Crippen LogP contribution in [0.3, 0.4) is 0 Å². The molecule has 6 heteroatoms. The molecular formula is C29H33FN4O. The van der Waals surface area contributed by atoms with E-state index in [-0.39, 0.29) is 0 Å². The Morgan fingerprint density at radius 2 is 2.03 bits per heavy atom. The number of hydrogen-bond donors (Lipinski definition) is 1. The van der Waals surface area contributed by atoms with Crippen LogP contribution in [0.2, 0.25) is 0 Å². The van der Waals surface area contributed by atoms with Crippen LogP contribution in [0.1, 0.15) is 50.1 Å². The highest BCUT2D eigenvalue weighted by Crippen LogP contribution is 2.25. The van der Waals surface area contributed by atoms with Gasteiger partial charge in [-0.25, -0.2) is 4.39 Å². The fraction of sp³-hybridized carbons (Fsp3) is 0.448. The van der Waals surface area contributed by atoms with E-state index in [9.17, 15) is 9.65 Å². The summed E-state index contributed by atoms with van der Waals surface area (Å²) in [6.07, 6.45) is 6.26. The average Bonchev–Trinajstić information content (AvgIpc) is 3.23. The second-order valence-electron chi connectivity index (χ2n) is 9.68. The van der Waals surface area contributed by atoms with Gasteiger partial charge in [0.1, 0.15) is 6.67 Å². The van der Waals surface area contributed by atoms with Gasteiger partial charge in [0.2, 0.25) is 0 Å². The Bertz CT molecular complexity index is 1240. The van der Waals surface area contributed by atoms with E-state index in [1.807, 2.05) is 30.5 Å². The van der Waals surface area contributed by atoms with E-state index < -0.39 is 12.1 Å². The summed E-state index contributed by atoms with van der Waals surface area (Å²) in [6, 6.07) is 14.6. The van der Waals surface area contributed by atoms with Crippen molar-refractivity contribution in [2.45, 2.75) is 51.5 Å². The van der Waals surface area contributed by atoms with Crippen LogP contribution in [0.25, 0.3) is 10.9 Å². The fourth-order valence-electron chi connectivity index (χ4n) is 4.52. The number of halogens is 1. The Morgan fingerprint density at radius 1 is 1.20 bits per heavy atom. The van der Waals surface area contributed by atoms with Crippen molar-refractivity contribution in [3.05, 3.63) is 59.5 Å². The van der Waals surface area contributed by atoms with E-state index in [2.05, 4.69) is 52.5 Å². The fourth-order valence-corrected chi connectivity index (χ4v) is 4.52. The van der Waals surface area contributed by atoms with Crippen LogP contribution in [-0.2, 0) is 23.1 Å². The van der Waals surface area contributed by atoms with Crippen LogP contribution >= 0.6 is 0 Å². The quantitative estimate of drug-likeness (QED) is 0.432. The Labute approximate surface area is 207 Å². The van der Waals surface area contributed by atoms with Crippen molar-refractivity contribution < 1.29 is 9.13 Å². The number of alkyl halides is 1. The summed E-state index contributed by atoms with van der Waals surface area (Å²) < 4.78 is 20.7. The maximum atomic E-state index is 13.3. The highest BCUT2D eigenvalue weighted by atomic mass is 19.1. The van der Waals surface area contributed by atoms with E-state index in [1.165, 1.54) is 12.0 Å². The molecule has 0 amide bonds. The minimum Gasteiger partial charge on any atom is -0.381 e. The normalized spacial score (nSPS) is 14.3. The second-order valence-corrected chi connectivity index (χ2v) is 9.68. The summed E-state index contributed by atoms with van der Waals surface area (Å²) in [5, 5.41) is 13.6. The molecule has 182 valence electrons. The maximum Gasteiger partial charge on any atom is 0.107 e. The first-order valence-corrected chi connectivity index (χ1v) is 12.4. The van der Waals surface area contributed by atoms with Gasteiger partial charge in [-0.3, -0.25) is 4.98 Å². The molecule has 1 aliphatic rings. The molecule has 1 N–H and O–H groups in total. The summed E-state index contributed by atoms with van der Waals surface area (Å²) in [5.74, 6) is 7.11. The van der Waals surface area contributed by atoms with Crippen molar-refractivity contribution in [3.63, 3.8) is 0 Å². The van der Waals surface area contributed by atoms with Crippen LogP contribution in [0.15, 0.2) is 42.6 Å². The van der Waals surface area contributed by atoms with Crippen LogP contribution in [-0.4, -0.2) is 36.0 Å². The number of aryl methyl sites for hydroxylation is 2. The van der Waals surface area contributed by atoms with Gasteiger partial charge in [0.25, 0.3) is 0 Å². The van der Waals surface area contributed by atoms with E-state index in [4.69, 9.17) is 4.74 Å². The van der Waals surface area contributed by atoms with Crippen LogP contribution in [0.5, 0.6) is 0 Å². The molecule has 1 saturated heterocycles. The molecule has 0 unspecified atom stereocenters. The SMILES string of the molecule is CC(C)(C#N)c1ccc(NCC#Cc2cc3cc(CCC4CCOCC4)ccc3n2CCF)cn1. The molecule has 3 aromatic rings. The van der Waals surface area contributed by atoms with Gasteiger partial charge in [-0.1, -0.05) is 12.0 Å². The largest absolute Gasteiger partial charge is 0.381 e. The lowest BCUT2D eigenvalue weighted by Crippen LogP contribution is -2.16. The lowest BCUT2D eigenvalue weighted by molar-refractivity contribution is 0.0640. The number of fused-ring (bicyclic) bond motifs is 1. The number of nitriles is 1. The molecule has 2 aromatic heterocycles. The van der Waals surface area contributed by atoms with Crippen LogP contribution < -0.4 is 5.32 Å². The Morgan fingerprint density at radius 3 is 2.74 bits per heavy atom. The third-order valence-electron chi connectivity index (χ3n) is 6.74. The van der Waals surface area contributed by atoms with Crippen molar-refractivity contribution in [2.24, 2.45) is 5.92 Å². The van der Waals surface area contributed by atoms with Gasteiger partial charge in [0.15, 0.2) is 0 Å². The van der Waals surface area contributed by atoms with Crippen molar-refractivity contribution in [1.29, 1.82) is 5.26 Å². The van der Waals surface area contributed by atoms with Crippen LogP contribution in [0, 0.1) is 29.1 Å². The van der Waals surface area contributed by atoms with Gasteiger partial charge in [-0.15, -0.1) is 0 Å². The summed E-state index contributed by atoms with van der Waals surface area (Å²) in [5.41, 5.74) is 4.13. The predicted octanol–water partition coefficient (Wildman–Crippen LogP) is 5.63. The van der Waals surface area contributed by atoms with Crippen molar-refractivity contribution >= 4 is 16.6 Å². The summed E-state index contributed by atoms with van der Waals surface area (Å²) in [7, 11) is 0. The molecular weight excluding hydrogens is 439 g/mol. The zero-order valence-electron chi connectivity index (χ0n) is 20.6. The summed E-state index contributed by atoms with van der Waals surface area (Å²) in [4.78, 5) is 4.39. The van der Waals surface area contributed by atoms with E-state index in [0.717, 1.165) is 66.4 Å². The molecule has 1 fully saturated rings. The first-order valence-electron chi connectivity index (χ1n) is 12.4. The summed E-state index contributed by atoms with van der Waals surface area (Å²) in [6.45, 7) is 5.76. The average molecular weight is 473 g/mol. The second kappa shape index (κ2) is 11.4. The summed E-state index contributed by atoms with van der Waals surface area (Å²) >= 11 is 0. The number of ether oxygens (including phenoxy) is 1. The first-order chi connectivity index (χ1) is 17.0. The molecule has 1 aromatic carbocycles.